The van der Waals surface area contributed by atoms with E-state index in [0.717, 1.165) is 50.9 Å². The van der Waals surface area contributed by atoms with Gasteiger partial charge in [0.25, 0.3) is 0 Å². The lowest BCUT2D eigenvalue weighted by molar-refractivity contribution is -0.140. The summed E-state index contributed by atoms with van der Waals surface area (Å²) in [6, 6.07) is 8.53. The van der Waals surface area contributed by atoms with Crippen molar-refractivity contribution in [2.75, 3.05) is 18.1 Å². The van der Waals surface area contributed by atoms with Crippen molar-refractivity contribution in [3.05, 3.63) is 35.4 Å². The second kappa shape index (κ2) is 5.29. The first-order valence-corrected chi connectivity index (χ1v) is 9.40. The molecule has 2 nitrogen and oxygen atoms in total. The number of rotatable bonds is 1. The van der Waals surface area contributed by atoms with Gasteiger partial charge in [-0.3, -0.25) is 0 Å². The van der Waals surface area contributed by atoms with Crippen LogP contribution in [0.2, 0.25) is 0 Å². The van der Waals surface area contributed by atoms with Crippen LogP contribution in [0.25, 0.3) is 0 Å². The van der Waals surface area contributed by atoms with E-state index < -0.39 is 5.60 Å². The predicted octanol–water partition coefficient (Wildman–Crippen LogP) is 3.51. The summed E-state index contributed by atoms with van der Waals surface area (Å²) in [5.74, 6) is 2.68. The molecule has 2 saturated heterocycles. The molecule has 0 saturated carbocycles. The third kappa shape index (κ3) is 2.34. The number of fused-ring (bicyclic) bond motifs is 1. The first-order valence-electron chi connectivity index (χ1n) is 8.24. The fourth-order valence-electron chi connectivity index (χ4n) is 4.57. The highest BCUT2D eigenvalue weighted by Gasteiger charge is 2.49. The molecular formula is C18H24O2S. The average Bonchev–Trinajstić information content (AvgIpc) is 2.96. The molecule has 0 bridgehead atoms. The minimum atomic E-state index is -0.626. The Kier molecular flexibility index (Phi) is 3.55. The second-order valence-corrected chi connectivity index (χ2v) is 8.06. The van der Waals surface area contributed by atoms with Gasteiger partial charge in [0, 0.05) is 12.4 Å². The van der Waals surface area contributed by atoms with Crippen LogP contribution in [0.3, 0.4) is 0 Å². The lowest BCUT2D eigenvalue weighted by Gasteiger charge is -2.47. The van der Waals surface area contributed by atoms with E-state index >= 15 is 0 Å². The van der Waals surface area contributed by atoms with Crippen LogP contribution < -0.4 is 0 Å². The van der Waals surface area contributed by atoms with Gasteiger partial charge in [-0.1, -0.05) is 24.3 Å². The summed E-state index contributed by atoms with van der Waals surface area (Å²) in [4.78, 5) is 0. The minimum absolute atomic E-state index is 0.0513. The number of thioether (sulfide) groups is 1. The largest absolute Gasteiger partial charge is 0.385 e. The van der Waals surface area contributed by atoms with Crippen molar-refractivity contribution in [1.29, 1.82) is 0 Å². The van der Waals surface area contributed by atoms with Crippen molar-refractivity contribution in [2.45, 2.75) is 49.7 Å². The van der Waals surface area contributed by atoms with Gasteiger partial charge in [-0.05, 0) is 61.3 Å². The molecule has 114 valence electrons. The van der Waals surface area contributed by atoms with Gasteiger partial charge >= 0.3 is 0 Å². The van der Waals surface area contributed by atoms with Gasteiger partial charge in [0.15, 0.2) is 0 Å². The summed E-state index contributed by atoms with van der Waals surface area (Å²) in [5.41, 5.74) is 1.98. The topological polar surface area (TPSA) is 29.5 Å². The molecule has 0 radical (unpaired) electrons. The molecule has 1 aromatic carbocycles. The third-order valence-electron chi connectivity index (χ3n) is 5.72. The van der Waals surface area contributed by atoms with Crippen molar-refractivity contribution in [2.24, 2.45) is 5.92 Å². The lowest BCUT2D eigenvalue weighted by atomic mass is 9.67. The van der Waals surface area contributed by atoms with Gasteiger partial charge < -0.3 is 9.84 Å². The van der Waals surface area contributed by atoms with Crippen molar-refractivity contribution in [1.82, 2.24) is 0 Å². The Morgan fingerprint density at radius 3 is 3.00 bits per heavy atom. The maximum atomic E-state index is 11.5. The van der Waals surface area contributed by atoms with Gasteiger partial charge in [-0.25, -0.2) is 0 Å². The molecule has 2 fully saturated rings. The maximum Gasteiger partial charge on any atom is 0.0929 e. The lowest BCUT2D eigenvalue weighted by Crippen LogP contribution is -2.48. The monoisotopic (exact) mass is 304 g/mol. The van der Waals surface area contributed by atoms with Gasteiger partial charge in [-0.2, -0.15) is 11.8 Å². The summed E-state index contributed by atoms with van der Waals surface area (Å²) in [6.45, 7) is 0.815. The molecule has 2 heterocycles. The van der Waals surface area contributed by atoms with E-state index in [1.807, 2.05) is 11.8 Å². The van der Waals surface area contributed by atoms with E-state index in [4.69, 9.17) is 4.74 Å². The van der Waals surface area contributed by atoms with Gasteiger partial charge in [0.1, 0.15) is 0 Å². The number of aryl methyl sites for hydroxylation is 1. The molecule has 3 aliphatic rings. The van der Waals surface area contributed by atoms with E-state index in [1.54, 1.807) is 0 Å². The van der Waals surface area contributed by atoms with E-state index in [2.05, 4.69) is 24.3 Å². The van der Waals surface area contributed by atoms with Crippen LogP contribution in [0.1, 0.15) is 43.2 Å². The van der Waals surface area contributed by atoms with Crippen molar-refractivity contribution in [3.8, 4) is 0 Å². The van der Waals surface area contributed by atoms with E-state index in [0.29, 0.717) is 5.92 Å². The van der Waals surface area contributed by atoms with Crippen molar-refractivity contribution in [3.63, 3.8) is 0 Å². The SMILES string of the molecule is OC1(C2CCOC3(CCSC3)C2)CCCc2ccccc21. The summed E-state index contributed by atoms with van der Waals surface area (Å²) in [6.07, 6.45) is 6.32. The number of benzene rings is 1. The van der Waals surface area contributed by atoms with Crippen LogP contribution >= 0.6 is 11.8 Å². The molecule has 3 heteroatoms. The third-order valence-corrected chi connectivity index (χ3v) is 6.95. The minimum Gasteiger partial charge on any atom is -0.385 e. The highest BCUT2D eigenvalue weighted by molar-refractivity contribution is 7.99. The fraction of sp³-hybridized carbons (Fsp3) is 0.667. The maximum absolute atomic E-state index is 11.5. The summed E-state index contributed by atoms with van der Waals surface area (Å²) >= 11 is 2.01. The van der Waals surface area contributed by atoms with E-state index in [1.165, 1.54) is 16.9 Å². The Balaban J connectivity index is 1.66. The Bertz CT molecular complexity index is 524. The van der Waals surface area contributed by atoms with Gasteiger partial charge in [0.2, 0.25) is 0 Å². The molecule has 0 amide bonds. The Morgan fingerprint density at radius 2 is 2.14 bits per heavy atom. The zero-order valence-electron chi connectivity index (χ0n) is 12.5. The van der Waals surface area contributed by atoms with Crippen LogP contribution in [0.4, 0.5) is 0 Å². The smallest absolute Gasteiger partial charge is 0.0929 e. The van der Waals surface area contributed by atoms with Crippen molar-refractivity contribution >= 4 is 11.8 Å². The zero-order valence-corrected chi connectivity index (χ0v) is 13.3. The van der Waals surface area contributed by atoms with Crippen LogP contribution in [0, 0.1) is 5.92 Å². The van der Waals surface area contributed by atoms with Crippen LogP contribution in [-0.4, -0.2) is 28.8 Å². The predicted molar refractivity (Wildman–Crippen MR) is 86.6 cm³/mol. The quantitative estimate of drug-likeness (QED) is 0.861. The fourth-order valence-corrected chi connectivity index (χ4v) is 5.94. The molecule has 1 aliphatic carbocycles. The standard InChI is InChI=1S/C18H24O2S/c19-18(8-3-5-14-4-1-2-6-16(14)18)15-7-10-20-17(12-15)9-11-21-13-17/h1-2,4,6,15,19H,3,5,7-13H2. The molecule has 3 atom stereocenters. The summed E-state index contributed by atoms with van der Waals surface area (Å²) in [5, 5.41) is 11.5. The molecule has 0 aromatic heterocycles. The molecule has 3 unspecified atom stereocenters. The van der Waals surface area contributed by atoms with Gasteiger partial charge in [0.05, 0.1) is 11.2 Å². The Hall–Kier alpha value is -0.510. The number of ether oxygens (including phenoxy) is 1. The molecular weight excluding hydrogens is 280 g/mol. The van der Waals surface area contributed by atoms with Crippen LogP contribution in [-0.2, 0) is 16.8 Å². The van der Waals surface area contributed by atoms with E-state index in [-0.39, 0.29) is 5.60 Å². The number of hydrogen-bond donors (Lipinski definition) is 1. The molecule has 1 aromatic rings. The summed E-state index contributed by atoms with van der Waals surface area (Å²) < 4.78 is 6.15. The molecule has 1 N–H and O–H groups in total. The zero-order chi connectivity index (χ0) is 14.3. The summed E-state index contributed by atoms with van der Waals surface area (Å²) in [7, 11) is 0. The van der Waals surface area contributed by atoms with Crippen LogP contribution in [0.5, 0.6) is 0 Å². The first-order chi connectivity index (χ1) is 10.2. The number of hydrogen-bond acceptors (Lipinski definition) is 3. The van der Waals surface area contributed by atoms with Crippen molar-refractivity contribution < 1.29 is 9.84 Å². The highest BCUT2D eigenvalue weighted by Crippen LogP contribution is 2.49. The molecule has 2 aliphatic heterocycles. The van der Waals surface area contributed by atoms with Crippen LogP contribution in [0.15, 0.2) is 24.3 Å². The highest BCUT2D eigenvalue weighted by atomic mass is 32.2. The Labute approximate surface area is 131 Å². The normalized spacial score (nSPS) is 39.4. The first kappa shape index (κ1) is 14.1. The second-order valence-electron chi connectivity index (χ2n) is 6.96. The molecule has 1 spiro atoms. The average molecular weight is 304 g/mol. The van der Waals surface area contributed by atoms with E-state index in [9.17, 15) is 5.11 Å². The van der Waals surface area contributed by atoms with Gasteiger partial charge in [-0.15, -0.1) is 0 Å². The molecule has 21 heavy (non-hydrogen) atoms. The molecule has 4 rings (SSSR count). The number of aliphatic hydroxyl groups is 1. The Morgan fingerprint density at radius 1 is 1.24 bits per heavy atom.